The van der Waals surface area contributed by atoms with Crippen molar-refractivity contribution in [3.63, 3.8) is 0 Å². The topological polar surface area (TPSA) is 66.5 Å². The van der Waals surface area contributed by atoms with E-state index in [1.807, 2.05) is 43.3 Å². The first-order valence-corrected chi connectivity index (χ1v) is 11.2. The Kier molecular flexibility index (Phi) is 6.35. The smallest absolute Gasteiger partial charge is 0.251 e. The Balaban J connectivity index is 1.81. The number of hydrogen-bond acceptors (Lipinski definition) is 3. The maximum Gasteiger partial charge on any atom is 0.251 e. The molecule has 0 spiro atoms. The lowest BCUT2D eigenvalue weighted by atomic mass is 10.0. The molecule has 152 valence electrons. The fraction of sp³-hybridized carbons (Fsp3) is 0.261. The van der Waals surface area contributed by atoms with Crippen LogP contribution in [-0.2, 0) is 10.0 Å². The Morgan fingerprint density at radius 1 is 0.931 bits per heavy atom. The molecule has 3 rings (SSSR count). The Morgan fingerprint density at radius 3 is 2.31 bits per heavy atom. The SMILES string of the molecule is CCN(CC)S(=O)(=O)c1cccc(C(=O)NC(C)c2ccc3ccccc3c2)c1. The van der Waals surface area contributed by atoms with Gasteiger partial charge in [0, 0.05) is 18.7 Å². The van der Waals surface area contributed by atoms with E-state index in [1.54, 1.807) is 26.0 Å². The van der Waals surface area contributed by atoms with Crippen molar-refractivity contribution in [3.8, 4) is 0 Å². The summed E-state index contributed by atoms with van der Waals surface area (Å²) >= 11 is 0. The van der Waals surface area contributed by atoms with Crippen LogP contribution in [0.4, 0.5) is 0 Å². The van der Waals surface area contributed by atoms with Crippen molar-refractivity contribution in [2.75, 3.05) is 13.1 Å². The lowest BCUT2D eigenvalue weighted by Gasteiger charge is -2.19. The van der Waals surface area contributed by atoms with Gasteiger partial charge in [0.1, 0.15) is 0 Å². The molecule has 0 radical (unpaired) electrons. The summed E-state index contributed by atoms with van der Waals surface area (Å²) in [7, 11) is -3.61. The van der Waals surface area contributed by atoms with Gasteiger partial charge < -0.3 is 5.32 Å². The van der Waals surface area contributed by atoms with Crippen molar-refractivity contribution in [2.24, 2.45) is 0 Å². The molecule has 0 aromatic heterocycles. The summed E-state index contributed by atoms with van der Waals surface area (Å²) in [6.45, 7) is 6.27. The van der Waals surface area contributed by atoms with Crippen LogP contribution in [0.1, 0.15) is 42.7 Å². The van der Waals surface area contributed by atoms with Crippen molar-refractivity contribution in [2.45, 2.75) is 31.7 Å². The second kappa shape index (κ2) is 8.76. The predicted molar refractivity (Wildman–Crippen MR) is 116 cm³/mol. The van der Waals surface area contributed by atoms with E-state index in [4.69, 9.17) is 0 Å². The Labute approximate surface area is 172 Å². The highest BCUT2D eigenvalue weighted by Crippen LogP contribution is 2.21. The molecule has 1 unspecified atom stereocenters. The van der Waals surface area contributed by atoms with Gasteiger partial charge >= 0.3 is 0 Å². The Bertz CT molecular complexity index is 1120. The fourth-order valence-corrected chi connectivity index (χ4v) is 4.86. The molecule has 5 nitrogen and oxygen atoms in total. The monoisotopic (exact) mass is 410 g/mol. The van der Waals surface area contributed by atoms with Crippen LogP contribution >= 0.6 is 0 Å². The van der Waals surface area contributed by atoms with Crippen LogP contribution in [0, 0.1) is 0 Å². The van der Waals surface area contributed by atoms with Crippen molar-refractivity contribution < 1.29 is 13.2 Å². The number of hydrogen-bond donors (Lipinski definition) is 1. The zero-order valence-corrected chi connectivity index (χ0v) is 17.7. The third-order valence-corrected chi connectivity index (χ3v) is 7.11. The second-order valence-corrected chi connectivity index (χ2v) is 8.86. The second-order valence-electron chi connectivity index (χ2n) is 6.92. The highest BCUT2D eigenvalue weighted by molar-refractivity contribution is 7.89. The fourth-order valence-electron chi connectivity index (χ4n) is 3.35. The summed E-state index contributed by atoms with van der Waals surface area (Å²) in [5.41, 5.74) is 1.31. The molecule has 3 aromatic rings. The number of amides is 1. The number of carbonyl (C=O) groups is 1. The average Bonchev–Trinajstić information content (AvgIpc) is 2.74. The van der Waals surface area contributed by atoms with Crippen LogP contribution in [0.3, 0.4) is 0 Å². The van der Waals surface area contributed by atoms with Crippen molar-refractivity contribution in [1.29, 1.82) is 0 Å². The van der Waals surface area contributed by atoms with Crippen LogP contribution in [0.25, 0.3) is 10.8 Å². The molecule has 1 N–H and O–H groups in total. The first-order valence-electron chi connectivity index (χ1n) is 9.76. The molecule has 29 heavy (non-hydrogen) atoms. The van der Waals surface area contributed by atoms with Gasteiger partial charge in [-0.2, -0.15) is 4.31 Å². The summed E-state index contributed by atoms with van der Waals surface area (Å²) in [5.74, 6) is -0.303. The van der Waals surface area contributed by atoms with E-state index in [9.17, 15) is 13.2 Å². The first-order chi connectivity index (χ1) is 13.9. The molecule has 0 heterocycles. The number of carbonyl (C=O) groups excluding carboxylic acids is 1. The van der Waals surface area contributed by atoms with Crippen LogP contribution in [0.5, 0.6) is 0 Å². The third kappa shape index (κ3) is 4.49. The number of nitrogens with one attached hydrogen (secondary N) is 1. The lowest BCUT2D eigenvalue weighted by molar-refractivity contribution is 0.0939. The maximum absolute atomic E-state index is 12.8. The Hall–Kier alpha value is -2.70. The summed E-state index contributed by atoms with van der Waals surface area (Å²) in [6.07, 6.45) is 0. The number of rotatable bonds is 7. The highest BCUT2D eigenvalue weighted by Gasteiger charge is 2.23. The van der Waals surface area contributed by atoms with E-state index < -0.39 is 10.0 Å². The van der Waals surface area contributed by atoms with Crippen molar-refractivity contribution in [3.05, 3.63) is 77.9 Å². The molecule has 0 aliphatic heterocycles. The van der Waals surface area contributed by atoms with Crippen LogP contribution in [-0.4, -0.2) is 31.7 Å². The van der Waals surface area contributed by atoms with Gasteiger partial charge in [0.05, 0.1) is 10.9 Å². The minimum Gasteiger partial charge on any atom is -0.346 e. The normalized spacial score (nSPS) is 12.8. The van der Waals surface area contributed by atoms with Crippen molar-refractivity contribution >= 4 is 26.7 Å². The molecule has 0 fully saturated rings. The molecule has 3 aromatic carbocycles. The van der Waals surface area contributed by atoms with E-state index in [2.05, 4.69) is 11.4 Å². The summed E-state index contributed by atoms with van der Waals surface area (Å²) in [5, 5.41) is 5.22. The van der Waals surface area contributed by atoms with E-state index >= 15 is 0 Å². The van der Waals surface area contributed by atoms with Crippen LogP contribution in [0.2, 0.25) is 0 Å². The van der Waals surface area contributed by atoms with Gasteiger partial charge in [0.2, 0.25) is 10.0 Å². The first kappa shape index (κ1) is 21.0. The van der Waals surface area contributed by atoms with E-state index in [0.29, 0.717) is 18.7 Å². The van der Waals surface area contributed by atoms with Crippen LogP contribution < -0.4 is 5.32 Å². The molecular formula is C23H26N2O3S. The van der Waals surface area contributed by atoms with E-state index in [1.165, 1.54) is 16.4 Å². The molecule has 6 heteroatoms. The number of nitrogens with zero attached hydrogens (tertiary/aromatic N) is 1. The largest absolute Gasteiger partial charge is 0.346 e. The highest BCUT2D eigenvalue weighted by atomic mass is 32.2. The lowest BCUT2D eigenvalue weighted by Crippen LogP contribution is -2.31. The zero-order valence-electron chi connectivity index (χ0n) is 16.9. The van der Waals surface area contributed by atoms with E-state index in [-0.39, 0.29) is 16.8 Å². The molecule has 0 bridgehead atoms. The van der Waals surface area contributed by atoms with E-state index in [0.717, 1.165) is 16.3 Å². The third-order valence-electron chi connectivity index (χ3n) is 5.06. The average molecular weight is 411 g/mol. The summed E-state index contributed by atoms with van der Waals surface area (Å²) in [4.78, 5) is 12.9. The molecule has 1 atom stereocenters. The van der Waals surface area contributed by atoms with Gasteiger partial charge in [-0.25, -0.2) is 8.42 Å². The molecule has 1 amide bonds. The molecule has 0 saturated carbocycles. The quantitative estimate of drug-likeness (QED) is 0.629. The van der Waals surface area contributed by atoms with Crippen molar-refractivity contribution in [1.82, 2.24) is 9.62 Å². The zero-order chi connectivity index (χ0) is 21.0. The van der Waals surface area contributed by atoms with Gasteiger partial charge in [0.15, 0.2) is 0 Å². The minimum atomic E-state index is -3.61. The standard InChI is InChI=1S/C23H26N2O3S/c1-4-25(5-2)29(27,28)22-12-8-11-21(16-22)23(26)24-17(3)19-14-13-18-9-6-7-10-20(18)15-19/h6-17H,4-5H2,1-3H3,(H,24,26). The Morgan fingerprint density at radius 2 is 1.62 bits per heavy atom. The molecule has 0 aliphatic carbocycles. The number of sulfonamides is 1. The summed E-state index contributed by atoms with van der Waals surface area (Å²) < 4.78 is 26.8. The van der Waals surface area contributed by atoms with Gasteiger partial charge in [-0.15, -0.1) is 0 Å². The van der Waals surface area contributed by atoms with Gasteiger partial charge in [-0.05, 0) is 47.5 Å². The number of benzene rings is 3. The summed E-state index contributed by atoms with van der Waals surface area (Å²) in [6, 6.07) is 20.1. The molecule has 0 saturated heterocycles. The predicted octanol–water partition coefficient (Wildman–Crippen LogP) is 4.36. The van der Waals surface area contributed by atoms with Gasteiger partial charge in [0.25, 0.3) is 5.91 Å². The van der Waals surface area contributed by atoms with Gasteiger partial charge in [-0.1, -0.05) is 56.3 Å². The molecule has 0 aliphatic rings. The number of fused-ring (bicyclic) bond motifs is 1. The molecular weight excluding hydrogens is 384 g/mol. The minimum absolute atomic E-state index is 0.132. The maximum atomic E-state index is 12.8. The van der Waals surface area contributed by atoms with Crippen LogP contribution in [0.15, 0.2) is 71.6 Å². The van der Waals surface area contributed by atoms with Gasteiger partial charge in [-0.3, -0.25) is 4.79 Å².